The number of aliphatic hydroxyl groups excluding tert-OH is 1. The van der Waals surface area contributed by atoms with E-state index in [0.717, 1.165) is 21.9 Å². The van der Waals surface area contributed by atoms with Crippen LogP contribution < -0.4 is 5.32 Å². The second-order valence-corrected chi connectivity index (χ2v) is 6.30. The third-order valence-electron chi connectivity index (χ3n) is 4.52. The number of fused-ring (bicyclic) bond motifs is 1. The Morgan fingerprint density at radius 1 is 0.960 bits per heavy atom. The normalized spacial score (nSPS) is 13.5. The highest BCUT2D eigenvalue weighted by Crippen LogP contribution is 2.20. The van der Waals surface area contributed by atoms with Crippen molar-refractivity contribution in [1.82, 2.24) is 5.32 Å². The fraction of sp³-hybridized carbons (Fsp3) is 0.227. The average Bonchev–Trinajstić information content (AvgIpc) is 2.67. The zero-order chi connectivity index (χ0) is 17.6. The Morgan fingerprint density at radius 3 is 2.44 bits per heavy atom. The highest BCUT2D eigenvalue weighted by Gasteiger charge is 2.16. The number of ketones is 1. The first-order chi connectivity index (χ1) is 12.2. The highest BCUT2D eigenvalue weighted by atomic mass is 16.3. The lowest BCUT2D eigenvalue weighted by Crippen LogP contribution is -2.33. The van der Waals surface area contributed by atoms with Crippen LogP contribution in [0.15, 0.2) is 72.8 Å². The molecular weight excluding hydrogens is 310 g/mol. The quantitative estimate of drug-likeness (QED) is 0.639. The molecule has 0 amide bonds. The molecule has 3 nitrogen and oxygen atoms in total. The molecule has 2 atom stereocenters. The molecule has 0 saturated heterocycles. The molecule has 3 aromatic carbocycles. The summed E-state index contributed by atoms with van der Waals surface area (Å²) in [6.07, 6.45) is -0.186. The average molecular weight is 333 g/mol. The number of aliphatic hydroxyl groups is 1. The standard InChI is InChI=1S/C22H23NO2/c1-16(22(25)18-9-3-2-4-10-18)23-15-14-21(24)20-13-7-11-17-8-5-6-12-19(17)20/h2-13,16,22-23,25H,14-15H2,1H3. The lowest BCUT2D eigenvalue weighted by atomic mass is 9.99. The molecule has 2 N–H and O–H groups in total. The van der Waals surface area contributed by atoms with E-state index >= 15 is 0 Å². The minimum atomic E-state index is -0.589. The summed E-state index contributed by atoms with van der Waals surface area (Å²) < 4.78 is 0. The van der Waals surface area contributed by atoms with Crippen molar-refractivity contribution in [2.24, 2.45) is 0 Å². The monoisotopic (exact) mass is 333 g/mol. The van der Waals surface area contributed by atoms with Crippen molar-refractivity contribution in [3.05, 3.63) is 83.9 Å². The summed E-state index contributed by atoms with van der Waals surface area (Å²) in [6.45, 7) is 2.47. The van der Waals surface area contributed by atoms with Gasteiger partial charge in [-0.1, -0.05) is 72.8 Å². The highest BCUT2D eigenvalue weighted by molar-refractivity contribution is 6.08. The molecule has 0 radical (unpaired) electrons. The molecule has 0 heterocycles. The van der Waals surface area contributed by atoms with Crippen molar-refractivity contribution >= 4 is 16.6 Å². The number of benzene rings is 3. The van der Waals surface area contributed by atoms with Gasteiger partial charge in [-0.25, -0.2) is 0 Å². The second kappa shape index (κ2) is 8.06. The van der Waals surface area contributed by atoms with E-state index in [9.17, 15) is 9.90 Å². The number of carbonyl (C=O) groups is 1. The zero-order valence-corrected chi connectivity index (χ0v) is 14.4. The van der Waals surface area contributed by atoms with Gasteiger partial charge in [-0.2, -0.15) is 0 Å². The summed E-state index contributed by atoms with van der Waals surface area (Å²) in [5.41, 5.74) is 1.64. The van der Waals surface area contributed by atoms with E-state index in [1.54, 1.807) is 0 Å². The molecule has 0 aliphatic rings. The fourth-order valence-electron chi connectivity index (χ4n) is 3.07. The van der Waals surface area contributed by atoms with Crippen LogP contribution in [0.25, 0.3) is 10.8 Å². The van der Waals surface area contributed by atoms with Crippen molar-refractivity contribution in [2.45, 2.75) is 25.5 Å². The van der Waals surface area contributed by atoms with Crippen LogP contribution >= 0.6 is 0 Å². The molecule has 0 aliphatic heterocycles. The van der Waals surface area contributed by atoms with E-state index in [1.165, 1.54) is 0 Å². The van der Waals surface area contributed by atoms with Gasteiger partial charge in [0.2, 0.25) is 0 Å². The lowest BCUT2D eigenvalue weighted by Gasteiger charge is -2.20. The summed E-state index contributed by atoms with van der Waals surface area (Å²) in [6, 6.07) is 23.2. The SMILES string of the molecule is CC(NCCC(=O)c1cccc2ccccc12)C(O)c1ccccc1. The molecule has 128 valence electrons. The largest absolute Gasteiger partial charge is 0.387 e. The Hall–Kier alpha value is -2.49. The van der Waals surface area contributed by atoms with Crippen molar-refractivity contribution in [3.63, 3.8) is 0 Å². The molecule has 0 fully saturated rings. The van der Waals surface area contributed by atoms with E-state index in [2.05, 4.69) is 5.32 Å². The molecule has 0 bridgehead atoms. The summed E-state index contributed by atoms with van der Waals surface area (Å²) in [4.78, 5) is 12.6. The molecule has 2 unspecified atom stereocenters. The molecule has 0 aromatic heterocycles. The van der Waals surface area contributed by atoms with Gasteiger partial charge in [-0.05, 0) is 23.3 Å². The fourth-order valence-corrected chi connectivity index (χ4v) is 3.07. The van der Waals surface area contributed by atoms with Crippen LogP contribution in [0, 0.1) is 0 Å². The Kier molecular flexibility index (Phi) is 5.59. The Labute approximate surface area is 148 Å². The summed E-state index contributed by atoms with van der Waals surface area (Å²) in [5, 5.41) is 15.7. The lowest BCUT2D eigenvalue weighted by molar-refractivity contribution is 0.0973. The van der Waals surface area contributed by atoms with Gasteiger partial charge in [-0.3, -0.25) is 4.79 Å². The van der Waals surface area contributed by atoms with E-state index < -0.39 is 6.10 Å². The third kappa shape index (κ3) is 4.13. The zero-order valence-electron chi connectivity index (χ0n) is 14.4. The van der Waals surface area contributed by atoms with Crippen LogP contribution in [-0.2, 0) is 0 Å². The number of Topliss-reactive ketones (excluding diaryl/α,β-unsaturated/α-hetero) is 1. The topological polar surface area (TPSA) is 49.3 Å². The summed E-state index contributed by atoms with van der Waals surface area (Å²) in [7, 11) is 0. The van der Waals surface area contributed by atoms with Crippen LogP contribution in [0.3, 0.4) is 0 Å². The Morgan fingerprint density at radius 2 is 1.64 bits per heavy atom. The minimum absolute atomic E-state index is 0.116. The number of hydrogen-bond donors (Lipinski definition) is 2. The maximum atomic E-state index is 12.6. The number of hydrogen-bond acceptors (Lipinski definition) is 3. The van der Waals surface area contributed by atoms with Crippen LogP contribution in [0.2, 0.25) is 0 Å². The molecule has 0 spiro atoms. The van der Waals surface area contributed by atoms with Gasteiger partial charge in [0.25, 0.3) is 0 Å². The van der Waals surface area contributed by atoms with E-state index in [0.29, 0.717) is 13.0 Å². The van der Waals surface area contributed by atoms with Gasteiger partial charge in [0.1, 0.15) is 0 Å². The van der Waals surface area contributed by atoms with Gasteiger partial charge in [0.05, 0.1) is 6.10 Å². The van der Waals surface area contributed by atoms with E-state index in [4.69, 9.17) is 0 Å². The predicted octanol–water partition coefficient (Wildman–Crippen LogP) is 4.12. The maximum Gasteiger partial charge on any atom is 0.164 e. The van der Waals surface area contributed by atoms with Crippen molar-refractivity contribution < 1.29 is 9.90 Å². The molecule has 0 saturated carbocycles. The first-order valence-corrected chi connectivity index (χ1v) is 8.64. The van der Waals surface area contributed by atoms with Crippen LogP contribution in [0.1, 0.15) is 35.4 Å². The van der Waals surface area contributed by atoms with Gasteiger partial charge in [-0.15, -0.1) is 0 Å². The number of nitrogens with one attached hydrogen (secondary N) is 1. The first kappa shape index (κ1) is 17.3. The van der Waals surface area contributed by atoms with Gasteiger partial charge >= 0.3 is 0 Å². The summed E-state index contributed by atoms with van der Waals surface area (Å²) in [5.74, 6) is 0.116. The van der Waals surface area contributed by atoms with Gasteiger partial charge in [0.15, 0.2) is 5.78 Å². The van der Waals surface area contributed by atoms with E-state index in [1.807, 2.05) is 79.7 Å². The number of carbonyl (C=O) groups excluding carboxylic acids is 1. The molecule has 0 aliphatic carbocycles. The van der Waals surface area contributed by atoms with Crippen molar-refractivity contribution in [3.8, 4) is 0 Å². The smallest absolute Gasteiger partial charge is 0.164 e. The second-order valence-electron chi connectivity index (χ2n) is 6.30. The minimum Gasteiger partial charge on any atom is -0.387 e. The third-order valence-corrected chi connectivity index (χ3v) is 4.52. The van der Waals surface area contributed by atoms with Crippen LogP contribution in [0.4, 0.5) is 0 Å². The van der Waals surface area contributed by atoms with Crippen molar-refractivity contribution in [2.75, 3.05) is 6.54 Å². The van der Waals surface area contributed by atoms with Gasteiger partial charge < -0.3 is 10.4 Å². The van der Waals surface area contributed by atoms with Gasteiger partial charge in [0, 0.05) is 24.6 Å². The summed E-state index contributed by atoms with van der Waals surface area (Å²) >= 11 is 0. The molecule has 3 aromatic rings. The molecule has 3 heteroatoms. The van der Waals surface area contributed by atoms with Crippen molar-refractivity contribution in [1.29, 1.82) is 0 Å². The number of rotatable bonds is 7. The molecule has 3 rings (SSSR count). The van der Waals surface area contributed by atoms with Crippen LogP contribution in [-0.4, -0.2) is 23.5 Å². The Balaban J connectivity index is 1.59. The molecule has 25 heavy (non-hydrogen) atoms. The first-order valence-electron chi connectivity index (χ1n) is 8.64. The maximum absolute atomic E-state index is 12.6. The predicted molar refractivity (Wildman–Crippen MR) is 102 cm³/mol. The molecular formula is C22H23NO2. The van der Waals surface area contributed by atoms with E-state index in [-0.39, 0.29) is 11.8 Å². The Bertz CT molecular complexity index is 840. The van der Waals surface area contributed by atoms with Crippen LogP contribution in [0.5, 0.6) is 0 Å².